The van der Waals surface area contributed by atoms with Crippen molar-refractivity contribution < 1.29 is 14.3 Å². The lowest BCUT2D eigenvalue weighted by atomic mass is 9.73. The number of ether oxygens (including phenoxy) is 2. The van der Waals surface area contributed by atoms with Gasteiger partial charge < -0.3 is 19.7 Å². The van der Waals surface area contributed by atoms with E-state index in [1.165, 1.54) is 0 Å². The lowest BCUT2D eigenvalue weighted by Gasteiger charge is -2.32. The number of carbonyl (C=O) groups is 1. The molecule has 0 radical (unpaired) electrons. The first-order valence-electron chi connectivity index (χ1n) is 9.95. The zero-order valence-corrected chi connectivity index (χ0v) is 17.0. The van der Waals surface area contributed by atoms with Gasteiger partial charge in [-0.15, -0.1) is 0 Å². The smallest absolute Gasteiger partial charge is 0.230 e. The summed E-state index contributed by atoms with van der Waals surface area (Å²) in [7, 11) is 3.36. The number of benzene rings is 2. The molecule has 0 aliphatic carbocycles. The van der Waals surface area contributed by atoms with E-state index in [-0.39, 0.29) is 5.91 Å². The maximum atomic E-state index is 13.2. The maximum absolute atomic E-state index is 13.2. The molecule has 0 saturated carbocycles. The second kappa shape index (κ2) is 9.00. The van der Waals surface area contributed by atoms with Crippen LogP contribution in [-0.4, -0.2) is 39.8 Å². The van der Waals surface area contributed by atoms with E-state index in [4.69, 9.17) is 9.47 Å². The zero-order chi connectivity index (χ0) is 20.0. The van der Waals surface area contributed by atoms with Crippen LogP contribution in [0.4, 0.5) is 5.69 Å². The number of hydrogen-bond donors (Lipinski definition) is 1. The third kappa shape index (κ3) is 3.93. The van der Waals surface area contributed by atoms with Gasteiger partial charge in [0.05, 0.1) is 25.3 Å². The number of para-hydroxylation sites is 2. The summed E-state index contributed by atoms with van der Waals surface area (Å²) >= 11 is 0. The predicted octanol–water partition coefficient (Wildman–Crippen LogP) is 3.77. The molecule has 150 valence electrons. The van der Waals surface area contributed by atoms with Crippen molar-refractivity contribution in [3.63, 3.8) is 0 Å². The summed E-state index contributed by atoms with van der Waals surface area (Å²) in [6.45, 7) is 4.27. The highest BCUT2D eigenvalue weighted by atomic mass is 16.5. The molecule has 1 N–H and O–H groups in total. The number of likely N-dealkylation sites (N-methyl/N-ethyl adjacent to an activating group) is 1. The van der Waals surface area contributed by atoms with Crippen molar-refractivity contribution in [3.8, 4) is 11.5 Å². The van der Waals surface area contributed by atoms with E-state index in [1.807, 2.05) is 43.3 Å². The number of nitrogens with zero attached hydrogens (tertiary/aromatic N) is 1. The molecule has 1 atom stereocenters. The van der Waals surface area contributed by atoms with Crippen molar-refractivity contribution in [2.45, 2.75) is 31.6 Å². The van der Waals surface area contributed by atoms with E-state index in [0.29, 0.717) is 6.54 Å². The van der Waals surface area contributed by atoms with Gasteiger partial charge in [-0.3, -0.25) is 4.79 Å². The summed E-state index contributed by atoms with van der Waals surface area (Å²) < 4.78 is 11.0. The molecule has 1 heterocycles. The van der Waals surface area contributed by atoms with Gasteiger partial charge in [0.1, 0.15) is 11.5 Å². The van der Waals surface area contributed by atoms with E-state index in [1.54, 1.807) is 14.2 Å². The minimum absolute atomic E-state index is 0.102. The number of anilines is 1. The predicted molar refractivity (Wildman–Crippen MR) is 112 cm³/mol. The number of hydrogen-bond acceptors (Lipinski definition) is 4. The topological polar surface area (TPSA) is 50.8 Å². The molecule has 0 aromatic heterocycles. The minimum atomic E-state index is -0.554. The molecule has 1 aliphatic heterocycles. The maximum Gasteiger partial charge on any atom is 0.230 e. The third-order valence-corrected chi connectivity index (χ3v) is 5.66. The molecular formula is C23H30N2O3. The molecule has 5 heteroatoms. The fraction of sp³-hybridized carbons (Fsp3) is 0.435. The molecule has 1 amide bonds. The minimum Gasteiger partial charge on any atom is -0.497 e. The van der Waals surface area contributed by atoms with E-state index < -0.39 is 5.41 Å². The molecule has 1 fully saturated rings. The summed E-state index contributed by atoms with van der Waals surface area (Å²) in [6.07, 6.45) is 2.47. The molecule has 1 unspecified atom stereocenters. The number of rotatable bonds is 6. The van der Waals surface area contributed by atoms with E-state index in [0.717, 1.165) is 55.1 Å². The summed E-state index contributed by atoms with van der Waals surface area (Å²) in [5, 5.41) is 3.07. The second-order valence-corrected chi connectivity index (χ2v) is 7.19. The number of amides is 1. The third-order valence-electron chi connectivity index (χ3n) is 5.66. The van der Waals surface area contributed by atoms with Crippen LogP contribution in [0.25, 0.3) is 0 Å². The molecule has 2 aromatic carbocycles. The highest BCUT2D eigenvalue weighted by Crippen LogP contribution is 2.39. The Labute approximate surface area is 167 Å². The zero-order valence-electron chi connectivity index (χ0n) is 17.0. The van der Waals surface area contributed by atoms with Gasteiger partial charge in [0.2, 0.25) is 5.91 Å². The summed E-state index contributed by atoms with van der Waals surface area (Å²) in [6, 6.07) is 16.0. The number of nitrogens with one attached hydrogen (secondary N) is 1. The monoisotopic (exact) mass is 382 g/mol. The van der Waals surface area contributed by atoms with Gasteiger partial charge in [-0.25, -0.2) is 0 Å². The molecule has 1 saturated heterocycles. The first-order valence-corrected chi connectivity index (χ1v) is 9.95. The van der Waals surface area contributed by atoms with Crippen LogP contribution in [0.2, 0.25) is 0 Å². The van der Waals surface area contributed by atoms with E-state index in [2.05, 4.69) is 22.3 Å². The Balaban J connectivity index is 1.94. The fourth-order valence-corrected chi connectivity index (χ4v) is 4.16. The molecule has 3 rings (SSSR count). The normalized spacial score (nSPS) is 19.6. The van der Waals surface area contributed by atoms with Crippen molar-refractivity contribution in [1.29, 1.82) is 0 Å². The lowest BCUT2D eigenvalue weighted by Crippen LogP contribution is -2.45. The largest absolute Gasteiger partial charge is 0.497 e. The quantitative estimate of drug-likeness (QED) is 0.826. The van der Waals surface area contributed by atoms with E-state index >= 15 is 0 Å². The Morgan fingerprint density at radius 2 is 1.89 bits per heavy atom. The molecule has 0 spiro atoms. The fourth-order valence-electron chi connectivity index (χ4n) is 4.16. The molecule has 1 aliphatic rings. The van der Waals surface area contributed by atoms with E-state index in [9.17, 15) is 4.79 Å². The Morgan fingerprint density at radius 1 is 1.07 bits per heavy atom. The number of carbonyl (C=O) groups excluding carboxylic acids is 1. The van der Waals surface area contributed by atoms with Crippen LogP contribution in [0.5, 0.6) is 11.5 Å². The Kier molecular flexibility index (Phi) is 6.45. The van der Waals surface area contributed by atoms with Crippen molar-refractivity contribution >= 4 is 11.6 Å². The molecule has 2 aromatic rings. The number of methoxy groups -OCH3 is 2. The van der Waals surface area contributed by atoms with Gasteiger partial charge in [-0.2, -0.15) is 0 Å². The van der Waals surface area contributed by atoms with Crippen molar-refractivity contribution in [1.82, 2.24) is 5.32 Å². The van der Waals surface area contributed by atoms with Gasteiger partial charge in [-0.1, -0.05) is 24.3 Å². The SMILES string of the molecule is CCNC(=O)C1(c2cccc(OC)c2)CCCN(c2ccccc2OC)CC1. The van der Waals surface area contributed by atoms with Crippen molar-refractivity contribution in [2.24, 2.45) is 0 Å². The van der Waals surface area contributed by atoms with Crippen LogP contribution in [0.3, 0.4) is 0 Å². The summed E-state index contributed by atoms with van der Waals surface area (Å²) in [5.74, 6) is 1.76. The van der Waals surface area contributed by atoms with Crippen LogP contribution in [0, 0.1) is 0 Å². The molecule has 5 nitrogen and oxygen atoms in total. The van der Waals surface area contributed by atoms with Gasteiger partial charge in [0, 0.05) is 19.6 Å². The van der Waals surface area contributed by atoms with Crippen LogP contribution in [0.1, 0.15) is 31.7 Å². The summed E-state index contributed by atoms with van der Waals surface area (Å²) in [5.41, 5.74) is 1.56. The van der Waals surface area contributed by atoms with Gasteiger partial charge in [0.25, 0.3) is 0 Å². The van der Waals surface area contributed by atoms with Crippen LogP contribution < -0.4 is 19.7 Å². The Hall–Kier alpha value is -2.69. The first kappa shape index (κ1) is 20.1. The van der Waals surface area contributed by atoms with Gasteiger partial charge in [0.15, 0.2) is 0 Å². The van der Waals surface area contributed by atoms with Crippen molar-refractivity contribution in [2.75, 3.05) is 38.8 Å². The Morgan fingerprint density at radius 3 is 2.64 bits per heavy atom. The molecular weight excluding hydrogens is 352 g/mol. The lowest BCUT2D eigenvalue weighted by molar-refractivity contribution is -0.127. The highest BCUT2D eigenvalue weighted by molar-refractivity contribution is 5.88. The average molecular weight is 383 g/mol. The Bertz CT molecular complexity index is 808. The van der Waals surface area contributed by atoms with Crippen LogP contribution in [-0.2, 0) is 10.2 Å². The first-order chi connectivity index (χ1) is 13.6. The second-order valence-electron chi connectivity index (χ2n) is 7.19. The standard InChI is InChI=1S/C23H30N2O3/c1-4-24-22(26)23(18-9-7-10-19(17-18)27-2)13-8-15-25(16-14-23)20-11-5-6-12-21(20)28-3/h5-7,9-12,17H,4,8,13-16H2,1-3H3,(H,24,26). The molecule has 0 bridgehead atoms. The average Bonchev–Trinajstić information content (AvgIpc) is 2.98. The van der Waals surface area contributed by atoms with Crippen LogP contribution >= 0.6 is 0 Å². The van der Waals surface area contributed by atoms with Crippen molar-refractivity contribution in [3.05, 3.63) is 54.1 Å². The van der Waals surface area contributed by atoms with Crippen LogP contribution in [0.15, 0.2) is 48.5 Å². The van der Waals surface area contributed by atoms with Gasteiger partial charge in [-0.05, 0) is 56.0 Å². The molecule has 28 heavy (non-hydrogen) atoms. The highest BCUT2D eigenvalue weighted by Gasteiger charge is 2.41. The van der Waals surface area contributed by atoms with Gasteiger partial charge >= 0.3 is 0 Å². The summed E-state index contributed by atoms with van der Waals surface area (Å²) in [4.78, 5) is 15.6.